The highest BCUT2D eigenvalue weighted by Crippen LogP contribution is 2.30. The van der Waals surface area contributed by atoms with Crippen LogP contribution < -0.4 is 18.9 Å². The van der Waals surface area contributed by atoms with E-state index in [0.717, 1.165) is 17.0 Å². The molecule has 0 amide bonds. The van der Waals surface area contributed by atoms with Crippen molar-refractivity contribution < 1.29 is 22.6 Å². The van der Waals surface area contributed by atoms with Crippen LogP contribution in [0.3, 0.4) is 0 Å². The maximum absolute atomic E-state index is 12.9. The Kier molecular flexibility index (Phi) is 6.61. The molecule has 0 aliphatic carbocycles. The molecule has 2 aromatic heterocycles. The number of nitrogens with zero attached hydrogens (tertiary/aromatic N) is 4. The van der Waals surface area contributed by atoms with Gasteiger partial charge < -0.3 is 14.2 Å². The molecule has 0 aliphatic rings. The number of hydrogen-bond acceptors (Lipinski definition) is 8. The zero-order valence-corrected chi connectivity index (χ0v) is 20.8. The Morgan fingerprint density at radius 3 is 2.23 bits per heavy atom. The summed E-state index contributed by atoms with van der Waals surface area (Å²) in [4.78, 5) is 8.42. The van der Waals surface area contributed by atoms with Gasteiger partial charge in [0, 0.05) is 23.5 Å². The van der Waals surface area contributed by atoms with E-state index in [2.05, 4.69) is 19.8 Å². The highest BCUT2D eigenvalue weighted by molar-refractivity contribution is 7.92. The van der Waals surface area contributed by atoms with Crippen LogP contribution in [-0.4, -0.2) is 42.4 Å². The van der Waals surface area contributed by atoms with Crippen molar-refractivity contribution in [3.05, 3.63) is 71.8 Å². The summed E-state index contributed by atoms with van der Waals surface area (Å²) in [5, 5.41) is 4.51. The largest absolute Gasteiger partial charge is 0.497 e. The fourth-order valence-electron chi connectivity index (χ4n) is 3.36. The maximum Gasteiger partial charge on any atom is 0.265 e. The van der Waals surface area contributed by atoms with E-state index in [0.29, 0.717) is 28.9 Å². The molecule has 182 valence electrons. The topological polar surface area (TPSA) is 117 Å². The molecule has 4 aromatic rings. The molecule has 10 nitrogen and oxygen atoms in total. The van der Waals surface area contributed by atoms with Crippen LogP contribution in [0.5, 0.6) is 23.1 Å². The van der Waals surface area contributed by atoms with Crippen LogP contribution in [-0.2, 0) is 10.0 Å². The zero-order chi connectivity index (χ0) is 25.2. The summed E-state index contributed by atoms with van der Waals surface area (Å²) >= 11 is 0. The van der Waals surface area contributed by atoms with Crippen molar-refractivity contribution in [3.63, 3.8) is 0 Å². The van der Waals surface area contributed by atoms with E-state index in [-0.39, 0.29) is 10.6 Å². The second-order valence-corrected chi connectivity index (χ2v) is 9.32. The van der Waals surface area contributed by atoms with Crippen molar-refractivity contribution in [2.45, 2.75) is 25.7 Å². The standard InChI is InChI=1S/C24H25N5O5S/c1-15-16(2)27-29(17(15)3)23-13-24(26-14-25-23)34-19-8-6-18(7-9-19)28-35(30,31)22-12-20(32-4)10-11-21(22)33-5/h6-14,28H,1-5H3. The van der Waals surface area contributed by atoms with Gasteiger partial charge in [0.2, 0.25) is 5.88 Å². The molecule has 0 spiro atoms. The van der Waals surface area contributed by atoms with Crippen LogP contribution in [0.15, 0.2) is 59.8 Å². The van der Waals surface area contributed by atoms with E-state index in [1.54, 1.807) is 41.1 Å². The minimum Gasteiger partial charge on any atom is -0.497 e. The monoisotopic (exact) mass is 495 g/mol. The van der Waals surface area contributed by atoms with E-state index >= 15 is 0 Å². The minimum absolute atomic E-state index is 0.0346. The quantitative estimate of drug-likeness (QED) is 0.387. The molecule has 11 heteroatoms. The lowest BCUT2D eigenvalue weighted by molar-refractivity contribution is 0.392. The molecule has 0 atom stereocenters. The Bertz CT molecular complexity index is 1470. The lowest BCUT2D eigenvalue weighted by Gasteiger charge is -2.13. The maximum atomic E-state index is 12.9. The lowest BCUT2D eigenvalue weighted by atomic mass is 10.2. The Labute approximate surface area is 203 Å². The first-order valence-electron chi connectivity index (χ1n) is 10.6. The molecule has 2 aromatic carbocycles. The molecule has 2 heterocycles. The minimum atomic E-state index is -3.93. The smallest absolute Gasteiger partial charge is 0.265 e. The number of aryl methyl sites for hydroxylation is 1. The van der Waals surface area contributed by atoms with Crippen LogP contribution in [0.1, 0.15) is 17.0 Å². The van der Waals surface area contributed by atoms with Crippen LogP contribution in [0, 0.1) is 20.8 Å². The third-order valence-electron chi connectivity index (χ3n) is 5.49. The van der Waals surface area contributed by atoms with Crippen molar-refractivity contribution in [1.29, 1.82) is 0 Å². The average molecular weight is 496 g/mol. The van der Waals surface area contributed by atoms with Crippen molar-refractivity contribution in [2.24, 2.45) is 0 Å². The number of aromatic nitrogens is 4. The second-order valence-electron chi connectivity index (χ2n) is 7.67. The third-order valence-corrected chi connectivity index (χ3v) is 6.89. The summed E-state index contributed by atoms with van der Waals surface area (Å²) < 4.78 is 46.4. The lowest BCUT2D eigenvalue weighted by Crippen LogP contribution is -2.14. The molecule has 35 heavy (non-hydrogen) atoms. The number of rotatable bonds is 8. The number of nitrogens with one attached hydrogen (secondary N) is 1. The highest BCUT2D eigenvalue weighted by Gasteiger charge is 2.21. The van der Waals surface area contributed by atoms with E-state index < -0.39 is 10.0 Å². The Balaban J connectivity index is 1.52. The van der Waals surface area contributed by atoms with Gasteiger partial charge in [0.1, 0.15) is 28.5 Å². The number of anilines is 1. The van der Waals surface area contributed by atoms with Crippen molar-refractivity contribution in [2.75, 3.05) is 18.9 Å². The van der Waals surface area contributed by atoms with Gasteiger partial charge in [-0.15, -0.1) is 0 Å². The predicted octanol–water partition coefficient (Wildman–Crippen LogP) is 4.20. The van der Waals surface area contributed by atoms with E-state index in [4.69, 9.17) is 14.2 Å². The molecular weight excluding hydrogens is 470 g/mol. The number of methoxy groups -OCH3 is 2. The first-order chi connectivity index (χ1) is 16.7. The van der Waals surface area contributed by atoms with Gasteiger partial charge in [-0.25, -0.2) is 23.1 Å². The predicted molar refractivity (Wildman–Crippen MR) is 130 cm³/mol. The van der Waals surface area contributed by atoms with E-state index in [1.807, 2.05) is 20.8 Å². The summed E-state index contributed by atoms with van der Waals surface area (Å²) in [6.45, 7) is 5.92. The molecule has 4 rings (SSSR count). The van der Waals surface area contributed by atoms with Gasteiger partial charge in [-0.2, -0.15) is 5.10 Å². The molecule has 0 radical (unpaired) electrons. The van der Waals surface area contributed by atoms with Gasteiger partial charge >= 0.3 is 0 Å². The third kappa shape index (κ3) is 5.04. The molecule has 0 saturated carbocycles. The number of ether oxygens (including phenoxy) is 3. The SMILES string of the molecule is COc1ccc(OC)c(S(=O)(=O)Nc2ccc(Oc3cc(-n4nc(C)c(C)c4C)ncn3)cc2)c1. The van der Waals surface area contributed by atoms with E-state index in [9.17, 15) is 8.42 Å². The molecule has 0 unspecified atom stereocenters. The van der Waals surface area contributed by atoms with Gasteiger partial charge in [-0.1, -0.05) is 0 Å². The first kappa shape index (κ1) is 24.0. The number of hydrogen-bond donors (Lipinski definition) is 1. The summed E-state index contributed by atoms with van der Waals surface area (Å²) in [6.07, 6.45) is 1.40. The highest BCUT2D eigenvalue weighted by atomic mass is 32.2. The molecular formula is C24H25N5O5S. The zero-order valence-electron chi connectivity index (χ0n) is 19.9. The van der Waals surface area contributed by atoms with Crippen molar-refractivity contribution in [3.8, 4) is 28.9 Å². The second kappa shape index (κ2) is 9.63. The van der Waals surface area contributed by atoms with Crippen LogP contribution >= 0.6 is 0 Å². The van der Waals surface area contributed by atoms with Crippen LogP contribution in [0.4, 0.5) is 5.69 Å². The van der Waals surface area contributed by atoms with Gasteiger partial charge in [0.25, 0.3) is 10.0 Å². The summed E-state index contributed by atoms with van der Waals surface area (Å²) in [6, 6.07) is 12.7. The molecule has 0 fully saturated rings. The summed E-state index contributed by atoms with van der Waals surface area (Å²) in [5.41, 5.74) is 3.35. The number of benzene rings is 2. The Morgan fingerprint density at radius 1 is 0.886 bits per heavy atom. The Hall–Kier alpha value is -4.12. The van der Waals surface area contributed by atoms with Crippen molar-refractivity contribution >= 4 is 15.7 Å². The fourth-order valence-corrected chi connectivity index (χ4v) is 4.61. The number of sulfonamides is 1. The summed E-state index contributed by atoms with van der Waals surface area (Å²) in [7, 11) is -1.06. The van der Waals surface area contributed by atoms with Crippen molar-refractivity contribution in [1.82, 2.24) is 19.7 Å². The molecule has 1 N–H and O–H groups in total. The van der Waals surface area contributed by atoms with Gasteiger partial charge in [0.15, 0.2) is 5.82 Å². The molecule has 0 saturated heterocycles. The average Bonchev–Trinajstić information content (AvgIpc) is 3.12. The summed E-state index contributed by atoms with van der Waals surface area (Å²) in [5.74, 6) is 1.99. The molecule has 0 bridgehead atoms. The normalized spacial score (nSPS) is 11.2. The fraction of sp³-hybridized carbons (Fsp3) is 0.208. The van der Waals surface area contributed by atoms with Gasteiger partial charge in [-0.05, 0) is 62.7 Å². The van der Waals surface area contributed by atoms with E-state index in [1.165, 1.54) is 32.7 Å². The molecule has 0 aliphatic heterocycles. The van der Waals surface area contributed by atoms with Gasteiger partial charge in [0.05, 0.1) is 19.9 Å². The van der Waals surface area contributed by atoms with Crippen LogP contribution in [0.2, 0.25) is 0 Å². The first-order valence-corrected chi connectivity index (χ1v) is 12.1. The van der Waals surface area contributed by atoms with Gasteiger partial charge in [-0.3, -0.25) is 4.72 Å². The van der Waals surface area contributed by atoms with Crippen LogP contribution in [0.25, 0.3) is 5.82 Å². The Morgan fingerprint density at radius 2 is 1.60 bits per heavy atom.